The van der Waals surface area contributed by atoms with Crippen molar-refractivity contribution in [1.29, 1.82) is 0 Å². The molecule has 2 heterocycles. The maximum atomic E-state index is 12.7. The van der Waals surface area contributed by atoms with Crippen molar-refractivity contribution in [2.24, 2.45) is 11.8 Å². The summed E-state index contributed by atoms with van der Waals surface area (Å²) in [6.45, 7) is 5.81. The van der Waals surface area contributed by atoms with Gasteiger partial charge in [-0.05, 0) is 50.5 Å². The molecule has 3 rings (SSSR count). The monoisotopic (exact) mass is 266 g/mol. The molecule has 3 unspecified atom stereocenters. The van der Waals surface area contributed by atoms with Crippen LogP contribution in [0.25, 0.3) is 0 Å². The number of rotatable bonds is 5. The van der Waals surface area contributed by atoms with Crippen LogP contribution in [0.5, 0.6) is 0 Å². The van der Waals surface area contributed by atoms with Gasteiger partial charge in [-0.1, -0.05) is 6.92 Å². The third-order valence-corrected chi connectivity index (χ3v) is 4.72. The average molecular weight is 266 g/mol. The number of ether oxygens (including phenoxy) is 1. The Morgan fingerprint density at radius 1 is 1.26 bits per heavy atom. The van der Waals surface area contributed by atoms with Crippen LogP contribution in [-0.2, 0) is 9.53 Å². The van der Waals surface area contributed by atoms with Gasteiger partial charge in [0, 0.05) is 25.7 Å². The summed E-state index contributed by atoms with van der Waals surface area (Å²) in [5, 5.41) is 3.50. The van der Waals surface area contributed by atoms with Crippen LogP contribution in [0.1, 0.15) is 39.0 Å². The molecule has 4 nitrogen and oxygen atoms in total. The Morgan fingerprint density at radius 2 is 2.11 bits per heavy atom. The number of nitrogens with zero attached hydrogens (tertiary/aromatic N) is 1. The number of nitrogens with one attached hydrogen (secondary N) is 1. The van der Waals surface area contributed by atoms with Gasteiger partial charge >= 0.3 is 0 Å². The van der Waals surface area contributed by atoms with Gasteiger partial charge in [-0.2, -0.15) is 0 Å². The lowest BCUT2D eigenvalue weighted by Gasteiger charge is -2.29. The number of hydrogen-bond donors (Lipinski definition) is 1. The van der Waals surface area contributed by atoms with Gasteiger partial charge in [-0.25, -0.2) is 0 Å². The summed E-state index contributed by atoms with van der Waals surface area (Å²) >= 11 is 0. The van der Waals surface area contributed by atoms with Crippen molar-refractivity contribution in [2.75, 3.05) is 26.2 Å². The molecule has 1 N–H and O–H groups in total. The summed E-state index contributed by atoms with van der Waals surface area (Å²) < 4.78 is 5.66. The van der Waals surface area contributed by atoms with Crippen molar-refractivity contribution in [3.05, 3.63) is 0 Å². The fourth-order valence-electron chi connectivity index (χ4n) is 3.24. The number of amides is 1. The summed E-state index contributed by atoms with van der Waals surface area (Å²) in [6, 6.07) is 0.499. The molecule has 4 heteroatoms. The Labute approximate surface area is 115 Å². The zero-order valence-electron chi connectivity index (χ0n) is 11.9. The Kier molecular flexibility index (Phi) is 4.08. The van der Waals surface area contributed by atoms with Gasteiger partial charge in [-0.15, -0.1) is 0 Å². The van der Waals surface area contributed by atoms with E-state index in [1.165, 1.54) is 25.7 Å². The molecule has 2 aliphatic heterocycles. The predicted octanol–water partition coefficient (Wildman–Crippen LogP) is 1.40. The van der Waals surface area contributed by atoms with E-state index in [0.29, 0.717) is 12.0 Å². The number of carbonyl (C=O) groups is 1. The van der Waals surface area contributed by atoms with Crippen LogP contribution in [0, 0.1) is 11.8 Å². The maximum absolute atomic E-state index is 12.7. The van der Waals surface area contributed by atoms with Crippen molar-refractivity contribution in [3.63, 3.8) is 0 Å². The first-order valence-corrected chi connectivity index (χ1v) is 7.88. The SMILES string of the molecule is CC1CCOC1C(=O)N(CC1CC1)CC1CCCN1. The molecule has 1 saturated carbocycles. The van der Waals surface area contributed by atoms with Gasteiger partial charge in [0.1, 0.15) is 6.10 Å². The van der Waals surface area contributed by atoms with Crippen LogP contribution in [0.15, 0.2) is 0 Å². The molecular formula is C15H26N2O2. The zero-order chi connectivity index (χ0) is 13.2. The molecule has 0 aromatic heterocycles. The molecular weight excluding hydrogens is 240 g/mol. The molecule has 0 radical (unpaired) electrons. The van der Waals surface area contributed by atoms with Gasteiger partial charge in [0.15, 0.2) is 0 Å². The Bertz CT molecular complexity index is 324. The van der Waals surface area contributed by atoms with E-state index in [4.69, 9.17) is 4.74 Å². The number of carbonyl (C=O) groups excluding carboxylic acids is 1. The van der Waals surface area contributed by atoms with Crippen molar-refractivity contribution in [2.45, 2.75) is 51.2 Å². The highest BCUT2D eigenvalue weighted by Gasteiger charge is 2.37. The molecule has 1 amide bonds. The minimum atomic E-state index is -0.180. The van der Waals surface area contributed by atoms with Gasteiger partial charge in [0.05, 0.1) is 0 Å². The molecule has 1 aliphatic carbocycles. The summed E-state index contributed by atoms with van der Waals surface area (Å²) in [5.74, 6) is 1.37. The predicted molar refractivity (Wildman–Crippen MR) is 73.8 cm³/mol. The van der Waals surface area contributed by atoms with E-state index >= 15 is 0 Å². The van der Waals surface area contributed by atoms with Crippen LogP contribution < -0.4 is 5.32 Å². The lowest BCUT2D eigenvalue weighted by molar-refractivity contribution is -0.143. The first-order chi connectivity index (χ1) is 9.24. The molecule has 2 saturated heterocycles. The topological polar surface area (TPSA) is 41.6 Å². The summed E-state index contributed by atoms with van der Waals surface area (Å²) in [4.78, 5) is 14.8. The molecule has 3 aliphatic rings. The second-order valence-corrected chi connectivity index (χ2v) is 6.54. The van der Waals surface area contributed by atoms with Crippen molar-refractivity contribution >= 4 is 5.91 Å². The van der Waals surface area contributed by atoms with Crippen molar-refractivity contribution in [3.8, 4) is 0 Å². The molecule has 0 bridgehead atoms. The van der Waals surface area contributed by atoms with Gasteiger partial charge in [-0.3, -0.25) is 4.79 Å². The van der Waals surface area contributed by atoms with Gasteiger partial charge in [0.2, 0.25) is 0 Å². The Hall–Kier alpha value is -0.610. The quantitative estimate of drug-likeness (QED) is 0.818. The second kappa shape index (κ2) is 5.80. The largest absolute Gasteiger partial charge is 0.368 e. The first kappa shape index (κ1) is 13.4. The van der Waals surface area contributed by atoms with E-state index in [1.54, 1.807) is 0 Å². The van der Waals surface area contributed by atoms with Crippen LogP contribution in [-0.4, -0.2) is 49.2 Å². The minimum absolute atomic E-state index is 0.180. The van der Waals surface area contributed by atoms with Crippen LogP contribution in [0.3, 0.4) is 0 Å². The van der Waals surface area contributed by atoms with E-state index in [2.05, 4.69) is 17.1 Å². The Balaban J connectivity index is 1.61. The normalized spacial score (nSPS) is 34.7. The van der Waals surface area contributed by atoms with E-state index in [9.17, 15) is 4.79 Å². The summed E-state index contributed by atoms with van der Waals surface area (Å²) in [7, 11) is 0. The van der Waals surface area contributed by atoms with Crippen LogP contribution in [0.4, 0.5) is 0 Å². The summed E-state index contributed by atoms with van der Waals surface area (Å²) in [6.07, 6.45) is 5.88. The molecule has 0 spiro atoms. The van der Waals surface area contributed by atoms with Crippen molar-refractivity contribution in [1.82, 2.24) is 10.2 Å². The fourth-order valence-corrected chi connectivity index (χ4v) is 3.24. The molecule has 0 aromatic rings. The highest BCUT2D eigenvalue weighted by molar-refractivity contribution is 5.81. The molecule has 0 aromatic carbocycles. The zero-order valence-corrected chi connectivity index (χ0v) is 11.9. The molecule has 3 fully saturated rings. The van der Waals surface area contributed by atoms with Gasteiger partial charge < -0.3 is 15.0 Å². The lowest BCUT2D eigenvalue weighted by atomic mass is 10.0. The standard InChI is InChI=1S/C15H26N2O2/c1-11-6-8-19-14(11)15(18)17(9-12-4-5-12)10-13-3-2-7-16-13/h11-14,16H,2-10H2,1H3. The third kappa shape index (κ3) is 3.29. The minimum Gasteiger partial charge on any atom is -0.368 e. The van der Waals surface area contributed by atoms with Crippen molar-refractivity contribution < 1.29 is 9.53 Å². The highest BCUT2D eigenvalue weighted by Crippen LogP contribution is 2.31. The molecule has 19 heavy (non-hydrogen) atoms. The van der Waals surface area contributed by atoms with Crippen LogP contribution >= 0.6 is 0 Å². The first-order valence-electron chi connectivity index (χ1n) is 7.88. The highest BCUT2D eigenvalue weighted by atomic mass is 16.5. The lowest BCUT2D eigenvalue weighted by Crippen LogP contribution is -2.47. The average Bonchev–Trinajstić information content (AvgIpc) is 2.88. The van der Waals surface area contributed by atoms with E-state index in [0.717, 1.165) is 38.6 Å². The molecule has 108 valence electrons. The number of hydrogen-bond acceptors (Lipinski definition) is 3. The smallest absolute Gasteiger partial charge is 0.252 e. The van der Waals surface area contributed by atoms with Crippen LogP contribution in [0.2, 0.25) is 0 Å². The second-order valence-electron chi connectivity index (χ2n) is 6.54. The summed E-state index contributed by atoms with van der Waals surface area (Å²) in [5.41, 5.74) is 0. The maximum Gasteiger partial charge on any atom is 0.252 e. The van der Waals surface area contributed by atoms with E-state index in [1.807, 2.05) is 0 Å². The fraction of sp³-hybridized carbons (Fsp3) is 0.933. The Morgan fingerprint density at radius 3 is 2.68 bits per heavy atom. The third-order valence-electron chi connectivity index (χ3n) is 4.72. The van der Waals surface area contributed by atoms with E-state index < -0.39 is 0 Å². The molecule has 3 atom stereocenters. The van der Waals surface area contributed by atoms with Gasteiger partial charge in [0.25, 0.3) is 5.91 Å². The van der Waals surface area contributed by atoms with E-state index in [-0.39, 0.29) is 12.0 Å².